The molecule has 1 atom stereocenters. The van der Waals surface area contributed by atoms with Crippen molar-refractivity contribution in [3.63, 3.8) is 0 Å². The molecule has 0 amide bonds. The van der Waals surface area contributed by atoms with Gasteiger partial charge in [-0.1, -0.05) is 34.1 Å². The highest BCUT2D eigenvalue weighted by Crippen LogP contribution is 2.25. The molecule has 1 unspecified atom stereocenters. The number of nitrogen functional groups attached to an aromatic ring is 1. The summed E-state index contributed by atoms with van der Waals surface area (Å²) >= 11 is 0. The second-order valence-corrected chi connectivity index (χ2v) is 6.97. The van der Waals surface area contributed by atoms with E-state index in [2.05, 4.69) is 25.9 Å². The van der Waals surface area contributed by atoms with Crippen molar-refractivity contribution >= 4 is 5.82 Å². The predicted molar refractivity (Wildman–Crippen MR) is 82.7 cm³/mol. The Bertz CT molecular complexity index is 474. The first kappa shape index (κ1) is 18.8. The van der Waals surface area contributed by atoms with Crippen molar-refractivity contribution in [1.29, 1.82) is 0 Å². The SMILES string of the molecule is CCC(CN(C)CC(F)(F)F)Cn1nc(N)cc1C(C)(C)C. The Morgan fingerprint density at radius 1 is 1.32 bits per heavy atom. The average Bonchev–Trinajstić information content (AvgIpc) is 2.66. The summed E-state index contributed by atoms with van der Waals surface area (Å²) in [6.45, 7) is 8.23. The molecule has 1 rings (SSSR count). The van der Waals surface area contributed by atoms with Crippen LogP contribution < -0.4 is 5.73 Å². The van der Waals surface area contributed by atoms with E-state index in [1.807, 2.05) is 17.7 Å². The van der Waals surface area contributed by atoms with Gasteiger partial charge in [-0.25, -0.2) is 0 Å². The second kappa shape index (κ2) is 6.89. The van der Waals surface area contributed by atoms with Crippen LogP contribution in [0.25, 0.3) is 0 Å². The molecule has 1 aromatic rings. The molecule has 22 heavy (non-hydrogen) atoms. The fourth-order valence-corrected chi connectivity index (χ4v) is 2.55. The Morgan fingerprint density at radius 3 is 2.36 bits per heavy atom. The lowest BCUT2D eigenvalue weighted by Gasteiger charge is -2.26. The van der Waals surface area contributed by atoms with Crippen LogP contribution in [0, 0.1) is 5.92 Å². The smallest absolute Gasteiger partial charge is 0.382 e. The Morgan fingerprint density at radius 2 is 1.91 bits per heavy atom. The van der Waals surface area contributed by atoms with Gasteiger partial charge in [-0.3, -0.25) is 9.58 Å². The highest BCUT2D eigenvalue weighted by atomic mass is 19.4. The number of alkyl halides is 3. The van der Waals surface area contributed by atoms with Gasteiger partial charge in [0.05, 0.1) is 6.54 Å². The molecule has 1 aromatic heterocycles. The summed E-state index contributed by atoms with van der Waals surface area (Å²) in [5, 5.41) is 4.30. The lowest BCUT2D eigenvalue weighted by molar-refractivity contribution is -0.144. The van der Waals surface area contributed by atoms with Gasteiger partial charge < -0.3 is 5.73 Å². The molecule has 2 N–H and O–H groups in total. The first-order valence-electron chi connectivity index (χ1n) is 7.51. The van der Waals surface area contributed by atoms with Crippen molar-refractivity contribution in [2.24, 2.45) is 5.92 Å². The molecule has 0 bridgehead atoms. The quantitative estimate of drug-likeness (QED) is 0.875. The van der Waals surface area contributed by atoms with Gasteiger partial charge in [-0.15, -0.1) is 0 Å². The molecule has 4 nitrogen and oxygen atoms in total. The fraction of sp³-hybridized carbons (Fsp3) is 0.800. The van der Waals surface area contributed by atoms with Gasteiger partial charge in [0.2, 0.25) is 0 Å². The maximum absolute atomic E-state index is 12.4. The molecule has 128 valence electrons. The van der Waals surface area contributed by atoms with Crippen molar-refractivity contribution in [3.8, 4) is 0 Å². The van der Waals surface area contributed by atoms with Gasteiger partial charge in [-0.05, 0) is 13.0 Å². The summed E-state index contributed by atoms with van der Waals surface area (Å²) in [5.41, 5.74) is 6.68. The Hall–Kier alpha value is -1.24. The van der Waals surface area contributed by atoms with Gasteiger partial charge >= 0.3 is 6.18 Å². The van der Waals surface area contributed by atoms with Crippen LogP contribution >= 0.6 is 0 Å². The maximum atomic E-state index is 12.4. The van der Waals surface area contributed by atoms with Gasteiger partial charge in [0.15, 0.2) is 0 Å². The lowest BCUT2D eigenvalue weighted by Crippen LogP contribution is -2.36. The zero-order valence-electron chi connectivity index (χ0n) is 14.0. The fourth-order valence-electron chi connectivity index (χ4n) is 2.55. The minimum absolute atomic E-state index is 0.0905. The largest absolute Gasteiger partial charge is 0.401 e. The molecule has 0 radical (unpaired) electrons. The number of aromatic nitrogens is 2. The van der Waals surface area contributed by atoms with E-state index in [0.717, 1.165) is 12.1 Å². The number of nitrogens with zero attached hydrogens (tertiary/aromatic N) is 3. The number of hydrogen-bond donors (Lipinski definition) is 1. The molecular formula is C15H27F3N4. The second-order valence-electron chi connectivity index (χ2n) is 6.97. The van der Waals surface area contributed by atoms with Crippen LogP contribution in [0.2, 0.25) is 0 Å². The molecule has 0 aliphatic heterocycles. The summed E-state index contributed by atoms with van der Waals surface area (Å²) < 4.78 is 39.1. The first-order valence-corrected chi connectivity index (χ1v) is 7.51. The van der Waals surface area contributed by atoms with Gasteiger partial charge in [0, 0.05) is 30.3 Å². The third-order valence-electron chi connectivity index (χ3n) is 3.59. The molecule has 1 heterocycles. The molecule has 0 saturated heterocycles. The van der Waals surface area contributed by atoms with E-state index in [9.17, 15) is 13.2 Å². The van der Waals surface area contributed by atoms with E-state index >= 15 is 0 Å². The Kier molecular flexibility index (Phi) is 5.89. The third-order valence-corrected chi connectivity index (χ3v) is 3.59. The molecule has 0 aliphatic carbocycles. The summed E-state index contributed by atoms with van der Waals surface area (Å²) in [6.07, 6.45) is -3.38. The van der Waals surface area contributed by atoms with Gasteiger partial charge in [-0.2, -0.15) is 18.3 Å². The lowest BCUT2D eigenvalue weighted by atomic mass is 9.91. The van der Waals surface area contributed by atoms with Crippen molar-refractivity contribution in [2.75, 3.05) is 25.9 Å². The van der Waals surface area contributed by atoms with Crippen LogP contribution in [0.15, 0.2) is 6.07 Å². The molecule has 0 saturated carbocycles. The molecule has 0 spiro atoms. The summed E-state index contributed by atoms with van der Waals surface area (Å²) in [5.74, 6) is 0.538. The van der Waals surface area contributed by atoms with E-state index in [0.29, 0.717) is 18.9 Å². The van der Waals surface area contributed by atoms with E-state index in [-0.39, 0.29) is 11.3 Å². The summed E-state index contributed by atoms with van der Waals surface area (Å²) in [7, 11) is 1.50. The van der Waals surface area contributed by atoms with E-state index in [1.54, 1.807) is 0 Å². The van der Waals surface area contributed by atoms with Crippen LogP contribution in [-0.4, -0.2) is 41.0 Å². The normalized spacial score (nSPS) is 14.6. The number of anilines is 1. The zero-order chi connectivity index (χ0) is 17.1. The van der Waals surface area contributed by atoms with Crippen LogP contribution in [0.1, 0.15) is 39.8 Å². The number of rotatable bonds is 6. The van der Waals surface area contributed by atoms with Crippen LogP contribution in [0.4, 0.5) is 19.0 Å². The van der Waals surface area contributed by atoms with Crippen LogP contribution in [-0.2, 0) is 12.0 Å². The number of nitrogens with two attached hydrogens (primary N) is 1. The first-order chi connectivity index (χ1) is 9.92. The number of hydrogen-bond acceptors (Lipinski definition) is 3. The Balaban J connectivity index is 2.79. The molecule has 7 heteroatoms. The third kappa shape index (κ3) is 5.87. The Labute approximate surface area is 130 Å². The topological polar surface area (TPSA) is 47.1 Å². The summed E-state index contributed by atoms with van der Waals surface area (Å²) in [4.78, 5) is 1.32. The molecule has 0 aromatic carbocycles. The molecule has 0 aliphatic rings. The molecule has 0 fully saturated rings. The molecular weight excluding hydrogens is 293 g/mol. The van der Waals surface area contributed by atoms with Crippen molar-refractivity contribution in [2.45, 2.75) is 52.3 Å². The number of halogens is 3. The van der Waals surface area contributed by atoms with E-state index < -0.39 is 12.7 Å². The van der Waals surface area contributed by atoms with E-state index in [4.69, 9.17) is 5.73 Å². The van der Waals surface area contributed by atoms with Gasteiger partial charge in [0.25, 0.3) is 0 Å². The van der Waals surface area contributed by atoms with Crippen LogP contribution in [0.3, 0.4) is 0 Å². The maximum Gasteiger partial charge on any atom is 0.401 e. The van der Waals surface area contributed by atoms with Crippen molar-refractivity contribution < 1.29 is 13.2 Å². The zero-order valence-corrected chi connectivity index (χ0v) is 14.0. The van der Waals surface area contributed by atoms with Crippen LogP contribution in [0.5, 0.6) is 0 Å². The standard InChI is InChI=1S/C15H27F3N4/c1-6-11(8-21(5)10-15(16,17)18)9-22-12(14(2,3)4)7-13(19)20-22/h7,11H,6,8-10H2,1-5H3,(H2,19,20). The monoisotopic (exact) mass is 320 g/mol. The predicted octanol–water partition coefficient (Wildman–Crippen LogP) is 3.28. The summed E-state index contributed by atoms with van der Waals surface area (Å²) in [6, 6.07) is 1.84. The minimum Gasteiger partial charge on any atom is -0.382 e. The average molecular weight is 320 g/mol. The van der Waals surface area contributed by atoms with E-state index in [1.165, 1.54) is 11.9 Å². The van der Waals surface area contributed by atoms with Crippen molar-refractivity contribution in [1.82, 2.24) is 14.7 Å². The van der Waals surface area contributed by atoms with Crippen molar-refractivity contribution in [3.05, 3.63) is 11.8 Å². The van der Waals surface area contributed by atoms with Gasteiger partial charge in [0.1, 0.15) is 5.82 Å². The minimum atomic E-state index is -4.17. The highest BCUT2D eigenvalue weighted by molar-refractivity contribution is 5.32. The highest BCUT2D eigenvalue weighted by Gasteiger charge is 2.30.